The fourth-order valence-corrected chi connectivity index (χ4v) is 5.12. The lowest BCUT2D eigenvalue weighted by atomic mass is 10.2. The molecule has 2 amide bonds. The molecule has 5 rings (SSSR count). The number of rotatable bonds is 6. The molecular weight excluding hydrogens is 509 g/mol. The van der Waals surface area contributed by atoms with E-state index in [2.05, 4.69) is 20.6 Å². The van der Waals surface area contributed by atoms with Crippen molar-refractivity contribution in [2.75, 3.05) is 32.1 Å². The average Bonchev–Trinajstić information content (AvgIpc) is 3.58. The van der Waals surface area contributed by atoms with Gasteiger partial charge in [-0.1, -0.05) is 11.3 Å². The zero-order valence-corrected chi connectivity index (χ0v) is 20.7. The number of anilines is 2. The maximum absolute atomic E-state index is 13.0. The molecule has 3 heterocycles. The summed E-state index contributed by atoms with van der Waals surface area (Å²) >= 11 is 1.09. The van der Waals surface area contributed by atoms with Gasteiger partial charge in [0.15, 0.2) is 5.13 Å². The van der Waals surface area contributed by atoms with Gasteiger partial charge in [-0.05, 0) is 42.8 Å². The van der Waals surface area contributed by atoms with E-state index in [0.717, 1.165) is 35.4 Å². The van der Waals surface area contributed by atoms with Crippen molar-refractivity contribution in [2.24, 2.45) is 7.05 Å². The van der Waals surface area contributed by atoms with E-state index in [1.54, 1.807) is 41.8 Å². The first kappa shape index (κ1) is 25.0. The number of benzene rings is 2. The minimum absolute atomic E-state index is 0.0224. The molecule has 1 atom stereocenters. The smallest absolute Gasteiger partial charge is 0.380 e. The fourth-order valence-electron chi connectivity index (χ4n) is 4.22. The number of fused-ring (bicyclic) bond motifs is 2. The highest BCUT2D eigenvalue weighted by molar-refractivity contribution is 7.22. The quantitative estimate of drug-likeness (QED) is 0.390. The van der Waals surface area contributed by atoms with E-state index >= 15 is 0 Å². The fraction of sp³-hybridized carbons (Fsp3) is 0.333. The number of amides is 2. The van der Waals surface area contributed by atoms with E-state index in [9.17, 15) is 22.8 Å². The summed E-state index contributed by atoms with van der Waals surface area (Å²) in [5, 5.41) is 6.10. The molecule has 194 valence electrons. The van der Waals surface area contributed by atoms with Crippen LogP contribution in [0.3, 0.4) is 0 Å². The van der Waals surface area contributed by atoms with E-state index < -0.39 is 17.6 Å². The van der Waals surface area contributed by atoms with Crippen LogP contribution in [0.5, 0.6) is 0 Å². The standard InChI is InChI=1S/C24H23F3N6O3S/c1-32-18-6-3-13(21(35)28-11-20(34)33-8-7-15(12-33)36-2)9-17(18)29-22(32)31-23-30-16-5-4-14(24(25,26)27)10-19(16)37-23/h3-6,9-10,15H,7-8,11-12H2,1-2H3,(H,28,35)(H,29,30,31)/t15-/m0/s1. The van der Waals surface area contributed by atoms with Crippen LogP contribution in [0.2, 0.25) is 0 Å². The number of hydrogen-bond acceptors (Lipinski definition) is 7. The topological polar surface area (TPSA) is 101 Å². The number of halogens is 3. The van der Waals surface area contributed by atoms with Crippen LogP contribution < -0.4 is 10.6 Å². The van der Waals surface area contributed by atoms with Crippen molar-refractivity contribution in [2.45, 2.75) is 18.7 Å². The molecule has 9 nitrogen and oxygen atoms in total. The van der Waals surface area contributed by atoms with E-state index in [4.69, 9.17) is 4.74 Å². The highest BCUT2D eigenvalue weighted by atomic mass is 32.1. The first-order valence-electron chi connectivity index (χ1n) is 11.4. The number of nitrogens with one attached hydrogen (secondary N) is 2. The molecule has 2 N–H and O–H groups in total. The third-order valence-corrected chi connectivity index (χ3v) is 7.24. The lowest BCUT2D eigenvalue weighted by Gasteiger charge is -2.16. The second-order valence-corrected chi connectivity index (χ2v) is 9.72. The van der Waals surface area contributed by atoms with Crippen molar-refractivity contribution in [3.05, 3.63) is 47.5 Å². The van der Waals surface area contributed by atoms with E-state index in [1.807, 2.05) is 0 Å². The molecule has 0 saturated carbocycles. The summed E-state index contributed by atoms with van der Waals surface area (Å²) in [6.07, 6.45) is -3.63. The molecule has 2 aromatic carbocycles. The number of nitrogens with zero attached hydrogens (tertiary/aromatic N) is 4. The number of likely N-dealkylation sites (tertiary alicyclic amines) is 1. The van der Waals surface area contributed by atoms with Gasteiger partial charge in [0.05, 0.1) is 39.5 Å². The first-order valence-corrected chi connectivity index (χ1v) is 12.2. The summed E-state index contributed by atoms with van der Waals surface area (Å²) < 4.78 is 46.5. The van der Waals surface area contributed by atoms with Crippen molar-refractivity contribution in [3.8, 4) is 0 Å². The van der Waals surface area contributed by atoms with Crippen LogP contribution in [0.4, 0.5) is 24.3 Å². The zero-order valence-electron chi connectivity index (χ0n) is 19.9. The third kappa shape index (κ3) is 5.09. The Morgan fingerprint density at radius 2 is 1.97 bits per heavy atom. The number of carbonyl (C=O) groups is 2. The Morgan fingerprint density at radius 3 is 2.70 bits per heavy atom. The molecule has 1 saturated heterocycles. The Balaban J connectivity index is 1.29. The van der Waals surface area contributed by atoms with Crippen LogP contribution in [0.1, 0.15) is 22.3 Å². The Kier molecular flexibility index (Phi) is 6.50. The minimum atomic E-state index is -4.43. The van der Waals surface area contributed by atoms with Gasteiger partial charge >= 0.3 is 6.18 Å². The summed E-state index contributed by atoms with van der Waals surface area (Å²) in [6.45, 7) is 0.996. The normalized spacial score (nSPS) is 16.0. The molecule has 1 fully saturated rings. The number of carbonyl (C=O) groups excluding carboxylic acids is 2. The van der Waals surface area contributed by atoms with Crippen molar-refractivity contribution in [3.63, 3.8) is 0 Å². The van der Waals surface area contributed by atoms with Gasteiger partial charge in [-0.15, -0.1) is 0 Å². The molecule has 0 bridgehead atoms. The molecule has 0 spiro atoms. The van der Waals surface area contributed by atoms with Crippen LogP contribution in [-0.2, 0) is 22.8 Å². The van der Waals surface area contributed by atoms with Crippen LogP contribution in [0.25, 0.3) is 21.3 Å². The largest absolute Gasteiger partial charge is 0.416 e. The third-order valence-electron chi connectivity index (χ3n) is 6.31. The molecule has 1 aliphatic rings. The molecule has 2 aromatic heterocycles. The lowest BCUT2D eigenvalue weighted by molar-refractivity contribution is -0.137. The Labute approximate surface area is 213 Å². The number of thiazole rings is 1. The Bertz CT molecular complexity index is 1500. The Morgan fingerprint density at radius 1 is 1.16 bits per heavy atom. The van der Waals surface area contributed by atoms with Crippen molar-refractivity contribution >= 4 is 55.5 Å². The van der Waals surface area contributed by atoms with Gasteiger partial charge in [-0.3, -0.25) is 9.59 Å². The monoisotopic (exact) mass is 532 g/mol. The average molecular weight is 533 g/mol. The molecule has 13 heteroatoms. The number of alkyl halides is 3. The molecule has 0 aliphatic carbocycles. The van der Waals surface area contributed by atoms with Crippen molar-refractivity contribution < 1.29 is 27.5 Å². The van der Waals surface area contributed by atoms with Crippen molar-refractivity contribution in [1.29, 1.82) is 0 Å². The first-order chi connectivity index (χ1) is 17.6. The summed E-state index contributed by atoms with van der Waals surface area (Å²) in [5.74, 6) is -0.152. The van der Waals surface area contributed by atoms with Gasteiger partial charge < -0.3 is 24.8 Å². The Hall–Kier alpha value is -3.71. The van der Waals surface area contributed by atoms with E-state index in [0.29, 0.717) is 45.5 Å². The predicted molar refractivity (Wildman–Crippen MR) is 133 cm³/mol. The molecule has 0 radical (unpaired) electrons. The summed E-state index contributed by atoms with van der Waals surface area (Å²) in [6, 6.07) is 8.41. The number of methoxy groups -OCH3 is 1. The number of aromatic nitrogens is 3. The molecule has 1 aliphatic heterocycles. The second-order valence-electron chi connectivity index (χ2n) is 8.69. The van der Waals surface area contributed by atoms with E-state index in [1.165, 1.54) is 6.07 Å². The van der Waals surface area contributed by atoms with Crippen LogP contribution in [0.15, 0.2) is 36.4 Å². The van der Waals surface area contributed by atoms with Crippen LogP contribution in [-0.4, -0.2) is 64.1 Å². The maximum atomic E-state index is 13.0. The predicted octanol–water partition coefficient (Wildman–Crippen LogP) is 3.92. The van der Waals surface area contributed by atoms with Crippen LogP contribution in [0, 0.1) is 0 Å². The minimum Gasteiger partial charge on any atom is -0.380 e. The SMILES string of the molecule is CO[C@H]1CCN(C(=O)CNC(=O)c2ccc3c(c2)nc(Nc2nc4ccc(C(F)(F)F)cc4s2)n3C)C1. The number of ether oxygens (including phenoxy) is 1. The summed E-state index contributed by atoms with van der Waals surface area (Å²) in [5.41, 5.74) is 1.33. The highest BCUT2D eigenvalue weighted by Crippen LogP contribution is 2.35. The van der Waals surface area contributed by atoms with E-state index in [-0.39, 0.29) is 18.6 Å². The number of hydrogen-bond donors (Lipinski definition) is 2. The van der Waals surface area contributed by atoms with Gasteiger partial charge in [0.1, 0.15) is 0 Å². The summed E-state index contributed by atoms with van der Waals surface area (Å²) in [7, 11) is 3.38. The second kappa shape index (κ2) is 9.63. The van der Waals surface area contributed by atoms with Gasteiger partial charge in [0.25, 0.3) is 5.91 Å². The maximum Gasteiger partial charge on any atom is 0.416 e. The molecule has 4 aromatic rings. The number of aryl methyl sites for hydroxylation is 1. The number of imidazole rings is 1. The van der Waals surface area contributed by atoms with Crippen LogP contribution >= 0.6 is 11.3 Å². The molecule has 0 unspecified atom stereocenters. The van der Waals surface area contributed by atoms with Gasteiger partial charge in [0, 0.05) is 32.8 Å². The van der Waals surface area contributed by atoms with Gasteiger partial charge in [-0.25, -0.2) is 9.97 Å². The van der Waals surface area contributed by atoms with Crippen molar-refractivity contribution in [1.82, 2.24) is 24.8 Å². The zero-order chi connectivity index (χ0) is 26.3. The molecular formula is C24H23F3N6O3S. The summed E-state index contributed by atoms with van der Waals surface area (Å²) in [4.78, 5) is 35.6. The van der Waals surface area contributed by atoms with Gasteiger partial charge in [-0.2, -0.15) is 13.2 Å². The highest BCUT2D eigenvalue weighted by Gasteiger charge is 2.31. The lowest BCUT2D eigenvalue weighted by Crippen LogP contribution is -2.39. The van der Waals surface area contributed by atoms with Gasteiger partial charge in [0.2, 0.25) is 11.9 Å². The molecule has 37 heavy (non-hydrogen) atoms.